The Labute approximate surface area is 373 Å². The molecule has 0 N–H and O–H groups in total. The van der Waals surface area contributed by atoms with Crippen LogP contribution < -0.4 is 27.9 Å². The van der Waals surface area contributed by atoms with E-state index in [9.17, 15) is 25.8 Å². The molecule has 8 aromatic rings. The molecule has 13 heteroatoms. The molecule has 10 rings (SSSR count). The van der Waals surface area contributed by atoms with Gasteiger partial charge < -0.3 is 4.90 Å². The van der Waals surface area contributed by atoms with Crippen molar-refractivity contribution >= 4 is 131 Å². The topological polar surface area (TPSA) is 119 Å². The smallest absolute Gasteiger partial charge is 0.264 e. The van der Waals surface area contributed by atoms with Gasteiger partial charge in [-0.15, -0.1) is 68.0 Å². The second-order valence-corrected chi connectivity index (χ2v) is 20.3. The predicted octanol–water partition coefficient (Wildman–Crippen LogP) is 10.2. The van der Waals surface area contributed by atoms with E-state index in [1.807, 2.05) is 102 Å². The van der Waals surface area contributed by atoms with Gasteiger partial charge in [-0.2, -0.15) is 21.0 Å². The number of rotatable bonds is 6. The van der Waals surface area contributed by atoms with Crippen molar-refractivity contribution in [2.24, 2.45) is 0 Å². The summed E-state index contributed by atoms with van der Waals surface area (Å²) in [6, 6.07) is 48.4. The number of amides is 1. The van der Waals surface area contributed by atoms with Crippen LogP contribution >= 0.6 is 68.0 Å². The average Bonchev–Trinajstić information content (AvgIpc) is 4.14. The van der Waals surface area contributed by atoms with Gasteiger partial charge in [-0.1, -0.05) is 36.4 Å². The molecule has 1 amide bonds. The second-order valence-electron chi connectivity index (χ2n) is 13.7. The van der Waals surface area contributed by atoms with Gasteiger partial charge in [-0.3, -0.25) is 9.69 Å². The summed E-state index contributed by atoms with van der Waals surface area (Å²) in [7, 11) is 0. The van der Waals surface area contributed by atoms with Crippen LogP contribution in [-0.4, -0.2) is 12.5 Å². The first-order chi connectivity index (χ1) is 29.9. The number of nitrogens with zero attached hydrogens (tertiary/aromatic N) is 6. The third-order valence-electron chi connectivity index (χ3n) is 10.1. The van der Waals surface area contributed by atoms with Crippen LogP contribution in [0.2, 0.25) is 0 Å². The molecular weight excluding hydrogens is 869 g/mol. The Morgan fingerprint density at radius 1 is 0.525 bits per heavy atom. The SMILES string of the molecule is N#CC(C#N)=c1cc/c(=C\c2ccc(-c3cc4c(s3)/C(=C3\C(=O)N(c5ccccc5)c5cc(-c6ccc(/C=c7\ccc(=C(C#N)C#N)s7)s6)sc53)CN4c3ccccc3)s2)s1. The first-order valence-electron chi connectivity index (χ1n) is 18.6. The highest BCUT2D eigenvalue weighted by Crippen LogP contribution is 2.56. The predicted molar refractivity (Wildman–Crippen MR) is 253 cm³/mol. The molecule has 2 aliphatic heterocycles. The molecule has 0 bridgehead atoms. The van der Waals surface area contributed by atoms with Gasteiger partial charge in [-0.05, 0) is 97.1 Å². The highest BCUT2D eigenvalue weighted by atomic mass is 32.1. The van der Waals surface area contributed by atoms with Crippen LogP contribution in [0, 0.1) is 45.3 Å². The van der Waals surface area contributed by atoms with E-state index in [0.717, 1.165) is 82.0 Å². The van der Waals surface area contributed by atoms with Gasteiger partial charge in [0, 0.05) is 55.3 Å². The van der Waals surface area contributed by atoms with Crippen molar-refractivity contribution in [3.8, 4) is 43.8 Å². The zero-order valence-corrected chi connectivity index (χ0v) is 36.3. The summed E-state index contributed by atoms with van der Waals surface area (Å²) in [5.41, 5.74) is 5.76. The fourth-order valence-corrected chi connectivity index (χ4v) is 13.8. The van der Waals surface area contributed by atoms with Gasteiger partial charge in [0.15, 0.2) is 0 Å². The van der Waals surface area contributed by atoms with Gasteiger partial charge >= 0.3 is 0 Å². The van der Waals surface area contributed by atoms with Crippen LogP contribution in [0.5, 0.6) is 0 Å². The van der Waals surface area contributed by atoms with Crippen molar-refractivity contribution in [1.29, 1.82) is 21.0 Å². The fourth-order valence-electron chi connectivity index (χ4n) is 7.34. The maximum atomic E-state index is 14.9. The van der Waals surface area contributed by atoms with E-state index in [4.69, 9.17) is 0 Å². The van der Waals surface area contributed by atoms with Crippen molar-refractivity contribution in [1.82, 2.24) is 0 Å². The number of carbonyl (C=O) groups excluding carboxylic acids is 1. The standard InChI is InChI=1S/C48H24N6OS6/c49-23-28(24-50)39-15-11-32(56-39)19-34-13-17-41(58-34)43-21-37-46(60-43)36(27-53(37)30-7-3-1-4-8-30)45-47-38(54(48(45)55)31-9-5-2-6-10-31)22-44(61-47)42-18-14-35(59-42)20-33-12-16-40(57-33)29(25-51)26-52/h1-22H,27H2/b32-19+,33-20+,45-36-. The normalized spacial score (nSPS) is 14.7. The molecular formula is C48H24N6OS6. The van der Waals surface area contributed by atoms with E-state index in [1.54, 1.807) is 45.3 Å². The molecule has 2 aromatic carbocycles. The Kier molecular flexibility index (Phi) is 10.0. The van der Waals surface area contributed by atoms with Crippen molar-refractivity contribution in [3.05, 3.63) is 159 Å². The molecule has 0 unspecified atom stereocenters. The Morgan fingerprint density at radius 3 is 1.57 bits per heavy atom. The average molecular weight is 893 g/mol. The molecule has 0 atom stereocenters. The number of hydrogen-bond donors (Lipinski definition) is 0. The Balaban J connectivity index is 1.08. The molecule has 6 aromatic heterocycles. The van der Waals surface area contributed by atoms with Crippen LogP contribution in [0.3, 0.4) is 0 Å². The molecule has 0 fully saturated rings. The molecule has 288 valence electrons. The quantitative estimate of drug-likeness (QED) is 0.153. The van der Waals surface area contributed by atoms with Crippen molar-refractivity contribution in [3.63, 3.8) is 0 Å². The number of anilines is 4. The summed E-state index contributed by atoms with van der Waals surface area (Å²) in [5.74, 6) is -0.0408. The summed E-state index contributed by atoms with van der Waals surface area (Å²) in [6.45, 7) is 0.550. The number of fused-ring (bicyclic) bond motifs is 2. The van der Waals surface area contributed by atoms with Gasteiger partial charge in [0.25, 0.3) is 5.91 Å². The van der Waals surface area contributed by atoms with Gasteiger partial charge in [0.05, 0.1) is 42.3 Å². The molecule has 8 heterocycles. The van der Waals surface area contributed by atoms with Crippen LogP contribution in [-0.2, 0) is 4.79 Å². The number of benzene rings is 2. The molecule has 0 saturated carbocycles. The molecule has 0 spiro atoms. The summed E-state index contributed by atoms with van der Waals surface area (Å²) < 4.78 is 3.24. The van der Waals surface area contributed by atoms with Crippen molar-refractivity contribution in [2.75, 3.05) is 16.3 Å². The van der Waals surface area contributed by atoms with Crippen LogP contribution in [0.25, 0.3) is 54.0 Å². The number of nitriles is 4. The molecule has 0 radical (unpaired) electrons. The van der Waals surface area contributed by atoms with Crippen LogP contribution in [0.15, 0.2) is 121 Å². The van der Waals surface area contributed by atoms with Crippen molar-refractivity contribution in [2.45, 2.75) is 0 Å². The van der Waals surface area contributed by atoms with E-state index < -0.39 is 0 Å². The van der Waals surface area contributed by atoms with Crippen molar-refractivity contribution < 1.29 is 4.79 Å². The lowest BCUT2D eigenvalue weighted by molar-refractivity contribution is -0.112. The molecule has 7 nitrogen and oxygen atoms in total. The fraction of sp³-hybridized carbons (Fsp3) is 0.0208. The Bertz CT molecular complexity index is 3520. The third-order valence-corrected chi connectivity index (χ3v) is 17.0. The van der Waals surface area contributed by atoms with Gasteiger partial charge in [0.1, 0.15) is 35.4 Å². The first-order valence-corrected chi connectivity index (χ1v) is 23.5. The summed E-state index contributed by atoms with van der Waals surface area (Å²) in [5, 5.41) is 37.3. The third kappa shape index (κ3) is 6.96. The first kappa shape index (κ1) is 38.3. The maximum absolute atomic E-state index is 14.9. The highest BCUT2D eigenvalue weighted by Gasteiger charge is 2.42. The summed E-state index contributed by atoms with van der Waals surface area (Å²) in [4.78, 5) is 27.6. The summed E-state index contributed by atoms with van der Waals surface area (Å²) >= 11 is 9.54. The molecule has 2 aliphatic rings. The van der Waals surface area contributed by atoms with E-state index in [-0.39, 0.29) is 17.1 Å². The number of thiophene rings is 6. The Hall–Kier alpha value is -6.91. The van der Waals surface area contributed by atoms with E-state index in [2.05, 4.69) is 65.6 Å². The molecule has 0 saturated heterocycles. The maximum Gasteiger partial charge on any atom is 0.264 e. The number of para-hydroxylation sites is 2. The van der Waals surface area contributed by atoms with Crippen LogP contribution in [0.1, 0.15) is 19.5 Å². The zero-order valence-electron chi connectivity index (χ0n) is 31.4. The number of hydrogen-bond acceptors (Lipinski definition) is 12. The lowest BCUT2D eigenvalue weighted by Crippen LogP contribution is -2.21. The Morgan fingerprint density at radius 2 is 1.03 bits per heavy atom. The van der Waals surface area contributed by atoms with Crippen LogP contribution in [0.4, 0.5) is 22.7 Å². The van der Waals surface area contributed by atoms with E-state index in [1.165, 1.54) is 22.7 Å². The lowest BCUT2D eigenvalue weighted by Gasteiger charge is -2.19. The minimum absolute atomic E-state index is 0.0408. The molecule has 0 aliphatic carbocycles. The van der Waals surface area contributed by atoms with Gasteiger partial charge in [-0.25, -0.2) is 0 Å². The molecule has 61 heavy (non-hydrogen) atoms. The number of carbonyl (C=O) groups is 1. The van der Waals surface area contributed by atoms with E-state index in [0.29, 0.717) is 15.6 Å². The van der Waals surface area contributed by atoms with Gasteiger partial charge in [0.2, 0.25) is 0 Å². The second kappa shape index (κ2) is 15.9. The monoisotopic (exact) mass is 892 g/mol. The zero-order chi connectivity index (χ0) is 41.6. The minimum Gasteiger partial charge on any atom is -0.336 e. The summed E-state index contributed by atoms with van der Waals surface area (Å²) in [6.07, 6.45) is 4.15. The largest absolute Gasteiger partial charge is 0.336 e. The minimum atomic E-state index is -0.0408. The lowest BCUT2D eigenvalue weighted by atomic mass is 10.1. The van der Waals surface area contributed by atoms with E-state index >= 15 is 0 Å². The highest BCUT2D eigenvalue weighted by molar-refractivity contribution is 7.25.